The molecule has 1 atom stereocenters. The first-order valence-electron chi connectivity index (χ1n) is 5.06. The van der Waals surface area contributed by atoms with E-state index in [0.717, 1.165) is 25.5 Å². The van der Waals surface area contributed by atoms with E-state index in [1.807, 2.05) is 10.9 Å². The van der Waals surface area contributed by atoms with Crippen LogP contribution in [-0.4, -0.2) is 41.4 Å². The fourth-order valence-corrected chi connectivity index (χ4v) is 1.69. The Morgan fingerprint density at radius 3 is 3.07 bits per heavy atom. The van der Waals surface area contributed by atoms with Gasteiger partial charge in [0.05, 0.1) is 18.8 Å². The zero-order valence-corrected chi connectivity index (χ0v) is 9.03. The van der Waals surface area contributed by atoms with Crippen molar-refractivity contribution in [1.29, 1.82) is 0 Å². The van der Waals surface area contributed by atoms with Crippen molar-refractivity contribution in [3.05, 3.63) is 11.8 Å². The van der Waals surface area contributed by atoms with Crippen LogP contribution in [-0.2, 0) is 13.0 Å². The zero-order valence-electron chi connectivity index (χ0n) is 9.03. The van der Waals surface area contributed by atoms with Gasteiger partial charge in [-0.3, -0.25) is 0 Å². The summed E-state index contributed by atoms with van der Waals surface area (Å²) in [5, 5.41) is 4.33. The molecule has 0 N–H and O–H groups in total. The van der Waals surface area contributed by atoms with Crippen molar-refractivity contribution in [3.8, 4) is 5.88 Å². The zero-order chi connectivity index (χ0) is 10.1. The molecule has 1 aromatic heterocycles. The minimum absolute atomic E-state index is 0.437. The summed E-state index contributed by atoms with van der Waals surface area (Å²) in [6.07, 6.45) is 2.90. The molecule has 0 radical (unpaired) electrons. The van der Waals surface area contributed by atoms with Crippen LogP contribution in [0.3, 0.4) is 0 Å². The molecule has 2 rings (SSSR count). The molecule has 0 aromatic carbocycles. The average molecular weight is 195 g/mol. The molecule has 2 heterocycles. The Kier molecular flexibility index (Phi) is 2.46. The SMILES string of the molecule is CCc1cnn2c1OCC(N(C)C)C2. The number of rotatable bonds is 2. The smallest absolute Gasteiger partial charge is 0.215 e. The van der Waals surface area contributed by atoms with Crippen molar-refractivity contribution in [2.75, 3.05) is 20.7 Å². The molecule has 4 nitrogen and oxygen atoms in total. The Labute approximate surface area is 84.5 Å². The van der Waals surface area contributed by atoms with Crippen molar-refractivity contribution in [2.24, 2.45) is 0 Å². The van der Waals surface area contributed by atoms with Gasteiger partial charge in [-0.05, 0) is 20.5 Å². The maximum atomic E-state index is 5.72. The monoisotopic (exact) mass is 195 g/mol. The number of fused-ring (bicyclic) bond motifs is 1. The van der Waals surface area contributed by atoms with Gasteiger partial charge >= 0.3 is 0 Å². The molecule has 78 valence electrons. The molecule has 0 spiro atoms. The van der Waals surface area contributed by atoms with E-state index in [4.69, 9.17) is 4.74 Å². The highest BCUT2D eigenvalue weighted by Gasteiger charge is 2.23. The fraction of sp³-hybridized carbons (Fsp3) is 0.700. The Balaban J connectivity index is 2.20. The predicted molar refractivity (Wildman–Crippen MR) is 54.6 cm³/mol. The first kappa shape index (κ1) is 9.52. The Bertz CT molecular complexity index is 319. The molecule has 4 heteroatoms. The lowest BCUT2D eigenvalue weighted by Crippen LogP contribution is -2.41. The van der Waals surface area contributed by atoms with Gasteiger partial charge in [-0.2, -0.15) is 5.10 Å². The van der Waals surface area contributed by atoms with Crippen LogP contribution in [0.5, 0.6) is 5.88 Å². The molecule has 0 amide bonds. The van der Waals surface area contributed by atoms with Crippen molar-refractivity contribution in [1.82, 2.24) is 14.7 Å². The van der Waals surface area contributed by atoms with Gasteiger partial charge in [-0.25, -0.2) is 4.68 Å². The van der Waals surface area contributed by atoms with Gasteiger partial charge in [0, 0.05) is 5.56 Å². The lowest BCUT2D eigenvalue weighted by molar-refractivity contribution is 0.119. The number of aromatic nitrogens is 2. The molecule has 1 aliphatic heterocycles. The van der Waals surface area contributed by atoms with Crippen LogP contribution in [0.25, 0.3) is 0 Å². The molecular formula is C10H17N3O. The van der Waals surface area contributed by atoms with Gasteiger partial charge in [0.1, 0.15) is 6.61 Å². The molecule has 0 bridgehead atoms. The molecule has 0 aliphatic carbocycles. The van der Waals surface area contributed by atoms with Gasteiger partial charge in [-0.1, -0.05) is 6.92 Å². The summed E-state index contributed by atoms with van der Waals surface area (Å²) in [5.74, 6) is 0.964. The van der Waals surface area contributed by atoms with Crippen molar-refractivity contribution in [2.45, 2.75) is 25.9 Å². The first-order valence-corrected chi connectivity index (χ1v) is 5.06. The largest absolute Gasteiger partial charge is 0.476 e. The van der Waals surface area contributed by atoms with Gasteiger partial charge in [-0.15, -0.1) is 0 Å². The average Bonchev–Trinajstić information content (AvgIpc) is 2.59. The lowest BCUT2D eigenvalue weighted by Gasteiger charge is -2.29. The van der Waals surface area contributed by atoms with Crippen LogP contribution < -0.4 is 4.74 Å². The van der Waals surface area contributed by atoms with Gasteiger partial charge in [0.25, 0.3) is 0 Å². The summed E-state index contributed by atoms with van der Waals surface area (Å²) in [6.45, 7) is 3.83. The maximum Gasteiger partial charge on any atom is 0.215 e. The Hall–Kier alpha value is -1.03. The predicted octanol–water partition coefficient (Wildman–Crippen LogP) is 0.768. The third kappa shape index (κ3) is 1.50. The van der Waals surface area contributed by atoms with E-state index in [0.29, 0.717) is 6.04 Å². The summed E-state index contributed by atoms with van der Waals surface area (Å²) >= 11 is 0. The highest BCUT2D eigenvalue weighted by molar-refractivity contribution is 5.25. The third-order valence-corrected chi connectivity index (χ3v) is 2.77. The van der Waals surface area contributed by atoms with E-state index in [9.17, 15) is 0 Å². The van der Waals surface area contributed by atoms with Crippen LogP contribution in [0.2, 0.25) is 0 Å². The van der Waals surface area contributed by atoms with Crippen LogP contribution in [0, 0.1) is 0 Å². The standard InChI is InChI=1S/C10H17N3O/c1-4-8-5-11-13-6-9(12(2)3)7-14-10(8)13/h5,9H,4,6-7H2,1-3H3. The van der Waals surface area contributed by atoms with Crippen LogP contribution >= 0.6 is 0 Å². The van der Waals surface area contributed by atoms with E-state index in [-0.39, 0.29) is 0 Å². The van der Waals surface area contributed by atoms with Crippen molar-refractivity contribution >= 4 is 0 Å². The van der Waals surface area contributed by atoms with Gasteiger partial charge < -0.3 is 9.64 Å². The van der Waals surface area contributed by atoms with Crippen molar-refractivity contribution < 1.29 is 4.74 Å². The number of aryl methyl sites for hydroxylation is 1. The molecule has 0 saturated heterocycles. The summed E-state index contributed by atoms with van der Waals surface area (Å²) in [6, 6.07) is 0.437. The van der Waals surface area contributed by atoms with Crippen LogP contribution in [0.1, 0.15) is 12.5 Å². The summed E-state index contributed by atoms with van der Waals surface area (Å²) in [5.41, 5.74) is 1.21. The Morgan fingerprint density at radius 1 is 1.64 bits per heavy atom. The highest BCUT2D eigenvalue weighted by atomic mass is 16.5. The molecule has 14 heavy (non-hydrogen) atoms. The topological polar surface area (TPSA) is 30.3 Å². The molecular weight excluding hydrogens is 178 g/mol. The van der Waals surface area contributed by atoms with Gasteiger partial charge in [0.2, 0.25) is 5.88 Å². The molecule has 0 fully saturated rings. The molecule has 1 aliphatic rings. The number of nitrogens with zero attached hydrogens (tertiary/aromatic N) is 3. The minimum Gasteiger partial charge on any atom is -0.476 e. The first-order chi connectivity index (χ1) is 6.72. The van der Waals surface area contributed by atoms with Crippen molar-refractivity contribution in [3.63, 3.8) is 0 Å². The minimum atomic E-state index is 0.437. The lowest BCUT2D eigenvalue weighted by atomic mass is 10.2. The molecule has 0 saturated carbocycles. The normalized spacial score (nSPS) is 20.7. The van der Waals surface area contributed by atoms with Gasteiger partial charge in [0.15, 0.2) is 0 Å². The number of hydrogen-bond donors (Lipinski definition) is 0. The van der Waals surface area contributed by atoms with E-state index >= 15 is 0 Å². The number of ether oxygens (including phenoxy) is 1. The van der Waals surface area contributed by atoms with E-state index < -0.39 is 0 Å². The van der Waals surface area contributed by atoms with Crippen LogP contribution in [0.15, 0.2) is 6.20 Å². The van der Waals surface area contributed by atoms with E-state index in [1.54, 1.807) is 0 Å². The summed E-state index contributed by atoms with van der Waals surface area (Å²) < 4.78 is 7.68. The fourth-order valence-electron chi connectivity index (χ4n) is 1.69. The molecule has 1 unspecified atom stereocenters. The second kappa shape index (κ2) is 3.61. The van der Waals surface area contributed by atoms with Crippen LogP contribution in [0.4, 0.5) is 0 Å². The number of likely N-dealkylation sites (N-methyl/N-ethyl adjacent to an activating group) is 1. The second-order valence-electron chi connectivity index (χ2n) is 3.94. The Morgan fingerprint density at radius 2 is 2.43 bits per heavy atom. The van der Waals surface area contributed by atoms with E-state index in [2.05, 4.69) is 31.0 Å². The molecule has 1 aromatic rings. The summed E-state index contributed by atoms with van der Waals surface area (Å²) in [4.78, 5) is 2.18. The third-order valence-electron chi connectivity index (χ3n) is 2.77. The quantitative estimate of drug-likeness (QED) is 0.698. The van der Waals surface area contributed by atoms with E-state index in [1.165, 1.54) is 5.56 Å². The second-order valence-corrected chi connectivity index (χ2v) is 3.94. The number of hydrogen-bond acceptors (Lipinski definition) is 3. The maximum absolute atomic E-state index is 5.72. The summed E-state index contributed by atoms with van der Waals surface area (Å²) in [7, 11) is 4.15. The highest BCUT2D eigenvalue weighted by Crippen LogP contribution is 2.23.